The van der Waals surface area contributed by atoms with Gasteiger partial charge in [-0.2, -0.15) is 0 Å². The molecule has 0 bridgehead atoms. The van der Waals surface area contributed by atoms with Crippen LogP contribution in [0, 0.1) is 0 Å². The van der Waals surface area contributed by atoms with Crippen molar-refractivity contribution in [3.8, 4) is 11.4 Å². The number of hydrogen-bond acceptors (Lipinski definition) is 4. The van der Waals surface area contributed by atoms with E-state index in [4.69, 9.17) is 0 Å². The molecule has 2 aromatic carbocycles. The van der Waals surface area contributed by atoms with E-state index in [1.807, 2.05) is 18.2 Å². The molecule has 0 atom stereocenters. The van der Waals surface area contributed by atoms with Crippen molar-refractivity contribution in [1.82, 2.24) is 15.0 Å². The van der Waals surface area contributed by atoms with Crippen LogP contribution in [-0.4, -0.2) is 26.4 Å². The topological polar surface area (TPSA) is 68.0 Å². The minimum atomic E-state index is 0.196. The van der Waals surface area contributed by atoms with Gasteiger partial charge in [-0.1, -0.05) is 29.5 Å². The Hall–Kier alpha value is -2.69. The van der Waals surface area contributed by atoms with Crippen LogP contribution >= 0.6 is 0 Å². The van der Waals surface area contributed by atoms with Crippen molar-refractivity contribution in [3.05, 3.63) is 48.3 Å². The fraction of sp³-hybridized carbons (Fsp3) is 0. The van der Waals surface area contributed by atoms with Gasteiger partial charge < -0.3 is 5.11 Å². The first kappa shape index (κ1) is 10.5. The van der Waals surface area contributed by atoms with E-state index in [0.29, 0.717) is 23.1 Å². The number of carbonyl (C=O) groups is 1. The van der Waals surface area contributed by atoms with Crippen molar-refractivity contribution in [2.24, 2.45) is 0 Å². The summed E-state index contributed by atoms with van der Waals surface area (Å²) >= 11 is 0. The monoisotopic (exact) mass is 239 g/mol. The van der Waals surface area contributed by atoms with Gasteiger partial charge in [-0.3, -0.25) is 4.79 Å². The molecule has 0 unspecified atom stereocenters. The maximum Gasteiger partial charge on any atom is 0.170 e. The molecule has 3 rings (SSSR count). The zero-order valence-electron chi connectivity index (χ0n) is 9.32. The van der Waals surface area contributed by atoms with Gasteiger partial charge in [0.25, 0.3) is 0 Å². The molecule has 1 heterocycles. The van der Waals surface area contributed by atoms with Gasteiger partial charge in [-0.15, -0.1) is 5.10 Å². The smallest absolute Gasteiger partial charge is 0.170 e. The summed E-state index contributed by atoms with van der Waals surface area (Å²) in [7, 11) is 0. The van der Waals surface area contributed by atoms with E-state index in [2.05, 4.69) is 10.3 Å². The number of rotatable bonds is 2. The number of nitrogens with zero attached hydrogens (tertiary/aromatic N) is 3. The van der Waals surface area contributed by atoms with E-state index in [-0.39, 0.29) is 5.75 Å². The number of aromatic nitrogens is 3. The second kappa shape index (κ2) is 3.96. The third-order valence-electron chi connectivity index (χ3n) is 2.80. The van der Waals surface area contributed by atoms with E-state index >= 15 is 0 Å². The molecule has 1 N–H and O–H groups in total. The van der Waals surface area contributed by atoms with Crippen LogP contribution in [0.4, 0.5) is 0 Å². The predicted octanol–water partition coefficient (Wildman–Crippen LogP) is 1.94. The Bertz CT molecular complexity index is 734. The van der Waals surface area contributed by atoms with Crippen LogP contribution in [0.2, 0.25) is 0 Å². The van der Waals surface area contributed by atoms with Gasteiger partial charge in [-0.05, 0) is 12.1 Å². The van der Waals surface area contributed by atoms with E-state index in [1.54, 1.807) is 18.2 Å². The quantitative estimate of drug-likeness (QED) is 0.694. The van der Waals surface area contributed by atoms with E-state index in [0.717, 1.165) is 5.39 Å². The third-order valence-corrected chi connectivity index (χ3v) is 2.80. The first-order chi connectivity index (χ1) is 8.81. The van der Waals surface area contributed by atoms with Gasteiger partial charge in [0, 0.05) is 10.8 Å². The first-order valence-corrected chi connectivity index (χ1v) is 5.38. The second-order valence-electron chi connectivity index (χ2n) is 3.84. The molecule has 5 heteroatoms. The van der Waals surface area contributed by atoms with Crippen molar-refractivity contribution in [3.63, 3.8) is 0 Å². The standard InChI is InChI=1S/C13H9N3O2/c17-8-9-7-14-15-16(9)12-5-1-4-11-10(12)3-2-6-13(11)18/h1-8,18H. The normalized spacial score (nSPS) is 10.7. The highest BCUT2D eigenvalue weighted by Gasteiger charge is 2.09. The molecular formula is C13H9N3O2. The molecule has 0 saturated heterocycles. The average molecular weight is 239 g/mol. The number of phenolic OH excluding ortho intramolecular Hbond substituents is 1. The number of hydrogen-bond donors (Lipinski definition) is 1. The summed E-state index contributed by atoms with van der Waals surface area (Å²) in [5.74, 6) is 0.196. The van der Waals surface area contributed by atoms with Gasteiger partial charge in [0.2, 0.25) is 0 Å². The SMILES string of the molecule is O=Cc1cnnn1-c1cccc2c(O)cccc12. The molecule has 0 aliphatic rings. The second-order valence-corrected chi connectivity index (χ2v) is 3.84. The fourth-order valence-corrected chi connectivity index (χ4v) is 1.97. The van der Waals surface area contributed by atoms with Crippen LogP contribution in [0.5, 0.6) is 5.75 Å². The predicted molar refractivity (Wildman–Crippen MR) is 65.9 cm³/mol. The van der Waals surface area contributed by atoms with Crippen LogP contribution in [-0.2, 0) is 0 Å². The lowest BCUT2D eigenvalue weighted by Gasteiger charge is -2.07. The summed E-state index contributed by atoms with van der Waals surface area (Å²) in [5, 5.41) is 18.9. The highest BCUT2D eigenvalue weighted by molar-refractivity contribution is 5.94. The molecule has 88 valence electrons. The van der Waals surface area contributed by atoms with Crippen molar-refractivity contribution >= 4 is 17.1 Å². The Balaban J connectivity index is 2.37. The summed E-state index contributed by atoms with van der Waals surface area (Å²) in [6.07, 6.45) is 2.09. The summed E-state index contributed by atoms with van der Waals surface area (Å²) < 4.78 is 1.45. The zero-order chi connectivity index (χ0) is 12.5. The fourth-order valence-electron chi connectivity index (χ4n) is 1.97. The van der Waals surface area contributed by atoms with E-state index in [9.17, 15) is 9.90 Å². The molecule has 18 heavy (non-hydrogen) atoms. The Morgan fingerprint density at radius 3 is 2.72 bits per heavy atom. The molecule has 0 amide bonds. The number of phenols is 1. The highest BCUT2D eigenvalue weighted by Crippen LogP contribution is 2.28. The molecule has 0 radical (unpaired) electrons. The van der Waals surface area contributed by atoms with Crippen molar-refractivity contribution in [1.29, 1.82) is 0 Å². The Kier molecular flexibility index (Phi) is 2.30. The minimum Gasteiger partial charge on any atom is -0.507 e. The first-order valence-electron chi connectivity index (χ1n) is 5.38. The maximum atomic E-state index is 10.9. The van der Waals surface area contributed by atoms with Gasteiger partial charge in [0.1, 0.15) is 11.4 Å². The van der Waals surface area contributed by atoms with Crippen LogP contribution in [0.15, 0.2) is 42.6 Å². The van der Waals surface area contributed by atoms with Crippen LogP contribution in [0.25, 0.3) is 16.5 Å². The Morgan fingerprint density at radius 1 is 1.11 bits per heavy atom. The minimum absolute atomic E-state index is 0.196. The van der Waals surface area contributed by atoms with Crippen molar-refractivity contribution in [2.75, 3.05) is 0 Å². The maximum absolute atomic E-state index is 10.9. The van der Waals surface area contributed by atoms with E-state index in [1.165, 1.54) is 10.9 Å². The van der Waals surface area contributed by atoms with Crippen molar-refractivity contribution in [2.45, 2.75) is 0 Å². The molecule has 5 nitrogen and oxygen atoms in total. The van der Waals surface area contributed by atoms with Gasteiger partial charge in [-0.25, -0.2) is 4.68 Å². The van der Waals surface area contributed by atoms with Crippen molar-refractivity contribution < 1.29 is 9.90 Å². The largest absolute Gasteiger partial charge is 0.507 e. The van der Waals surface area contributed by atoms with Gasteiger partial charge >= 0.3 is 0 Å². The highest BCUT2D eigenvalue weighted by atomic mass is 16.3. The summed E-state index contributed by atoms with van der Waals surface area (Å²) in [6, 6.07) is 10.7. The third kappa shape index (κ3) is 1.45. The molecule has 0 spiro atoms. The molecule has 0 fully saturated rings. The number of benzene rings is 2. The average Bonchev–Trinajstić information content (AvgIpc) is 2.87. The summed E-state index contributed by atoms with van der Waals surface area (Å²) in [6.45, 7) is 0. The summed E-state index contributed by atoms with van der Waals surface area (Å²) in [5.41, 5.74) is 1.08. The Morgan fingerprint density at radius 2 is 1.89 bits per heavy atom. The van der Waals surface area contributed by atoms with E-state index < -0.39 is 0 Å². The lowest BCUT2D eigenvalue weighted by Crippen LogP contribution is -2.02. The van der Waals surface area contributed by atoms with Gasteiger partial charge in [0.15, 0.2) is 6.29 Å². The Labute approximate surface area is 102 Å². The molecule has 0 aliphatic carbocycles. The number of fused-ring (bicyclic) bond motifs is 1. The van der Waals surface area contributed by atoms with Crippen LogP contribution < -0.4 is 0 Å². The molecule has 0 aliphatic heterocycles. The summed E-state index contributed by atoms with van der Waals surface area (Å²) in [4.78, 5) is 10.9. The molecule has 3 aromatic rings. The number of carbonyl (C=O) groups excluding carboxylic acids is 1. The zero-order valence-corrected chi connectivity index (χ0v) is 9.32. The molecule has 1 aromatic heterocycles. The van der Waals surface area contributed by atoms with Crippen LogP contribution in [0.3, 0.4) is 0 Å². The lowest BCUT2D eigenvalue weighted by atomic mass is 10.1. The lowest BCUT2D eigenvalue weighted by molar-refractivity contribution is 0.111. The van der Waals surface area contributed by atoms with Crippen LogP contribution in [0.1, 0.15) is 10.5 Å². The number of aromatic hydroxyl groups is 1. The number of aldehydes is 1. The van der Waals surface area contributed by atoms with Gasteiger partial charge in [0.05, 0.1) is 11.9 Å². The molecule has 0 saturated carbocycles. The molecular weight excluding hydrogens is 230 g/mol.